The van der Waals surface area contributed by atoms with E-state index < -0.39 is 24.0 Å². The molecule has 0 aromatic heterocycles. The van der Waals surface area contributed by atoms with Crippen molar-refractivity contribution in [2.45, 2.75) is 12.3 Å². The molecule has 0 spiro atoms. The summed E-state index contributed by atoms with van der Waals surface area (Å²) in [4.78, 5) is 24.2. The molecule has 0 radical (unpaired) electrons. The molecule has 2 aromatic carbocycles. The highest BCUT2D eigenvalue weighted by atomic mass is 19.1. The molecule has 2 unspecified atom stereocenters. The van der Waals surface area contributed by atoms with Crippen LogP contribution in [0.15, 0.2) is 54.6 Å². The van der Waals surface area contributed by atoms with Crippen LogP contribution >= 0.6 is 0 Å². The van der Waals surface area contributed by atoms with E-state index in [9.17, 15) is 14.0 Å². The summed E-state index contributed by atoms with van der Waals surface area (Å²) in [6.07, 6.45) is -1.92. The second-order valence-corrected chi connectivity index (χ2v) is 4.69. The number of carbonyl (C=O) groups is 2. The summed E-state index contributed by atoms with van der Waals surface area (Å²) in [5.74, 6) is -1.25. The minimum atomic E-state index is -1.18. The van der Waals surface area contributed by atoms with Gasteiger partial charge in [0.05, 0.1) is 0 Å². The summed E-state index contributed by atoms with van der Waals surface area (Å²) in [5, 5.41) is 2.59. The third-order valence-corrected chi connectivity index (χ3v) is 3.25. The summed E-state index contributed by atoms with van der Waals surface area (Å²) in [6.45, 7) is 0. The van der Waals surface area contributed by atoms with Gasteiger partial charge in [-0.2, -0.15) is 0 Å². The summed E-state index contributed by atoms with van der Waals surface area (Å²) < 4.78 is 18.4. The Bertz CT molecular complexity index is 670. The largest absolute Gasteiger partial charge is 0.333 e. The molecule has 1 fully saturated rings. The normalized spacial score (nSPS) is 21.1. The first kappa shape index (κ1) is 13.5. The smallest absolute Gasteiger partial charge is 0.259 e. The van der Waals surface area contributed by atoms with Gasteiger partial charge in [-0.3, -0.25) is 9.59 Å². The molecule has 1 heterocycles. The van der Waals surface area contributed by atoms with E-state index in [4.69, 9.17) is 4.74 Å². The minimum absolute atomic E-state index is 0.375. The molecule has 1 amide bonds. The lowest BCUT2D eigenvalue weighted by atomic mass is 10.1. The van der Waals surface area contributed by atoms with Gasteiger partial charge < -0.3 is 10.1 Å². The Kier molecular flexibility index (Phi) is 3.50. The lowest BCUT2D eigenvalue weighted by Crippen LogP contribution is -2.31. The Morgan fingerprint density at radius 1 is 1.05 bits per heavy atom. The number of rotatable bonds is 3. The number of benzene rings is 2. The Labute approximate surface area is 120 Å². The lowest BCUT2D eigenvalue weighted by molar-refractivity contribution is -0.121. The number of halogens is 1. The van der Waals surface area contributed by atoms with Gasteiger partial charge in [0.25, 0.3) is 5.91 Å². The first-order valence-electron chi connectivity index (χ1n) is 6.46. The van der Waals surface area contributed by atoms with Crippen molar-refractivity contribution in [3.05, 3.63) is 71.5 Å². The van der Waals surface area contributed by atoms with Crippen molar-refractivity contribution < 1.29 is 18.7 Å². The van der Waals surface area contributed by atoms with Crippen LogP contribution in [0.4, 0.5) is 4.39 Å². The zero-order valence-electron chi connectivity index (χ0n) is 11.0. The number of ether oxygens (including phenoxy) is 1. The fraction of sp³-hybridized carbons (Fsp3) is 0.125. The second kappa shape index (κ2) is 5.46. The highest BCUT2D eigenvalue weighted by molar-refractivity contribution is 6.13. The van der Waals surface area contributed by atoms with Gasteiger partial charge in [-0.05, 0) is 12.1 Å². The molecular weight excluding hydrogens is 273 g/mol. The zero-order chi connectivity index (χ0) is 14.8. The SMILES string of the molecule is O=C1NC(c2ccc(F)cc2)OC1C(=O)c1ccccc1. The molecule has 2 aromatic rings. The van der Waals surface area contributed by atoms with Gasteiger partial charge in [-0.15, -0.1) is 0 Å². The Morgan fingerprint density at radius 3 is 2.38 bits per heavy atom. The molecule has 0 aliphatic carbocycles. The van der Waals surface area contributed by atoms with E-state index in [-0.39, 0.29) is 5.82 Å². The van der Waals surface area contributed by atoms with Crippen molar-refractivity contribution in [2.24, 2.45) is 0 Å². The van der Waals surface area contributed by atoms with Crippen molar-refractivity contribution in [3.63, 3.8) is 0 Å². The van der Waals surface area contributed by atoms with Crippen LogP contribution in [0.2, 0.25) is 0 Å². The highest BCUT2D eigenvalue weighted by Crippen LogP contribution is 2.24. The van der Waals surface area contributed by atoms with E-state index in [1.165, 1.54) is 24.3 Å². The average molecular weight is 285 g/mol. The van der Waals surface area contributed by atoms with E-state index >= 15 is 0 Å². The Balaban J connectivity index is 1.79. The number of hydrogen-bond acceptors (Lipinski definition) is 3. The molecule has 2 atom stereocenters. The summed E-state index contributed by atoms with van der Waals surface area (Å²) in [7, 11) is 0. The van der Waals surface area contributed by atoms with Crippen LogP contribution in [0.1, 0.15) is 22.1 Å². The number of amides is 1. The minimum Gasteiger partial charge on any atom is -0.333 e. The van der Waals surface area contributed by atoms with Crippen molar-refractivity contribution in [2.75, 3.05) is 0 Å². The van der Waals surface area contributed by atoms with Crippen LogP contribution in [-0.2, 0) is 9.53 Å². The van der Waals surface area contributed by atoms with Crippen LogP contribution in [0.5, 0.6) is 0 Å². The van der Waals surface area contributed by atoms with Gasteiger partial charge in [0, 0.05) is 11.1 Å². The van der Waals surface area contributed by atoms with Crippen LogP contribution in [0.3, 0.4) is 0 Å². The Hall–Kier alpha value is -2.53. The predicted octanol–water partition coefficient (Wildman–Crippen LogP) is 2.22. The van der Waals surface area contributed by atoms with E-state index in [1.807, 2.05) is 0 Å². The van der Waals surface area contributed by atoms with E-state index in [1.54, 1.807) is 30.3 Å². The predicted molar refractivity (Wildman–Crippen MR) is 72.9 cm³/mol. The molecule has 1 N–H and O–H groups in total. The molecule has 106 valence electrons. The maximum atomic E-state index is 12.9. The second-order valence-electron chi connectivity index (χ2n) is 4.69. The molecule has 5 heteroatoms. The summed E-state index contributed by atoms with van der Waals surface area (Å²) in [5.41, 5.74) is 1.01. The summed E-state index contributed by atoms with van der Waals surface area (Å²) in [6, 6.07) is 14.1. The zero-order valence-corrected chi connectivity index (χ0v) is 11.0. The summed E-state index contributed by atoms with van der Waals surface area (Å²) >= 11 is 0. The maximum Gasteiger partial charge on any atom is 0.259 e. The maximum absolute atomic E-state index is 12.9. The fourth-order valence-corrected chi connectivity index (χ4v) is 2.17. The van der Waals surface area contributed by atoms with Gasteiger partial charge in [-0.25, -0.2) is 4.39 Å². The first-order valence-corrected chi connectivity index (χ1v) is 6.46. The molecule has 3 rings (SSSR count). The molecule has 1 saturated heterocycles. The topological polar surface area (TPSA) is 55.4 Å². The van der Waals surface area contributed by atoms with Gasteiger partial charge in [0.1, 0.15) is 5.82 Å². The van der Waals surface area contributed by atoms with Crippen molar-refractivity contribution in [1.29, 1.82) is 0 Å². The van der Waals surface area contributed by atoms with Gasteiger partial charge >= 0.3 is 0 Å². The van der Waals surface area contributed by atoms with Crippen LogP contribution in [0, 0.1) is 5.82 Å². The van der Waals surface area contributed by atoms with Crippen molar-refractivity contribution >= 4 is 11.7 Å². The number of ketones is 1. The van der Waals surface area contributed by atoms with Crippen molar-refractivity contribution in [3.8, 4) is 0 Å². The third-order valence-electron chi connectivity index (χ3n) is 3.25. The van der Waals surface area contributed by atoms with Crippen LogP contribution in [0.25, 0.3) is 0 Å². The molecule has 4 nitrogen and oxygen atoms in total. The van der Waals surface area contributed by atoms with Crippen molar-refractivity contribution in [1.82, 2.24) is 5.32 Å². The first-order chi connectivity index (χ1) is 10.1. The molecule has 0 saturated carbocycles. The number of carbonyl (C=O) groups excluding carboxylic acids is 2. The van der Waals surface area contributed by atoms with Crippen LogP contribution < -0.4 is 5.32 Å². The quantitative estimate of drug-likeness (QED) is 0.695. The number of nitrogens with one attached hydrogen (secondary N) is 1. The van der Waals surface area contributed by atoms with Gasteiger partial charge in [0.2, 0.25) is 11.9 Å². The van der Waals surface area contributed by atoms with Crippen LogP contribution in [-0.4, -0.2) is 17.8 Å². The third kappa shape index (κ3) is 2.68. The van der Waals surface area contributed by atoms with E-state index in [2.05, 4.69) is 5.32 Å². The molecule has 21 heavy (non-hydrogen) atoms. The van der Waals surface area contributed by atoms with E-state index in [0.717, 1.165) is 0 Å². The van der Waals surface area contributed by atoms with E-state index in [0.29, 0.717) is 11.1 Å². The monoisotopic (exact) mass is 285 g/mol. The van der Waals surface area contributed by atoms with Gasteiger partial charge in [-0.1, -0.05) is 42.5 Å². The fourth-order valence-electron chi connectivity index (χ4n) is 2.17. The average Bonchev–Trinajstić information content (AvgIpc) is 2.90. The molecule has 1 aliphatic rings. The molecule has 1 aliphatic heterocycles. The van der Waals surface area contributed by atoms with Gasteiger partial charge in [0.15, 0.2) is 6.23 Å². The highest BCUT2D eigenvalue weighted by Gasteiger charge is 2.39. The standard InChI is InChI=1S/C16H12FNO3/c17-12-8-6-11(7-9-12)16-18-15(20)14(21-16)13(19)10-4-2-1-3-5-10/h1-9,14,16H,(H,18,20). The lowest BCUT2D eigenvalue weighted by Gasteiger charge is -2.11. The number of hydrogen-bond donors (Lipinski definition) is 1. The number of Topliss-reactive ketones (excluding diaryl/α,β-unsaturated/α-hetero) is 1. The Morgan fingerprint density at radius 2 is 1.71 bits per heavy atom. The molecule has 0 bridgehead atoms. The molecular formula is C16H12FNO3.